The fourth-order valence-corrected chi connectivity index (χ4v) is 11.9. The average Bonchev–Trinajstić information content (AvgIpc) is 4.13. The van der Waals surface area contributed by atoms with Gasteiger partial charge in [-0.05, 0) is 18.6 Å². The van der Waals surface area contributed by atoms with E-state index in [1.807, 2.05) is 12.1 Å². The van der Waals surface area contributed by atoms with E-state index >= 15 is 13.3 Å². The first kappa shape index (κ1) is 50.7. The van der Waals surface area contributed by atoms with Crippen molar-refractivity contribution in [3.63, 3.8) is 0 Å². The average molecular weight is 999 g/mol. The molecule has 366 valence electrons. The minimum absolute atomic E-state index is 0.0177. The van der Waals surface area contributed by atoms with Crippen LogP contribution in [0.1, 0.15) is 55.9 Å². The van der Waals surface area contributed by atoms with Gasteiger partial charge >= 0.3 is 15.2 Å². The number of amides is 2. The lowest BCUT2D eigenvalue weighted by atomic mass is 10.2. The fraction of sp³-hybridized carbons (Fsp3) is 0.463. The predicted molar refractivity (Wildman–Crippen MR) is 238 cm³/mol. The molecule has 0 aliphatic carbocycles. The number of imidazole rings is 2. The maximum atomic E-state index is 17.3. The number of unbranched alkanes of at least 4 members (excludes halogenated alkanes) is 1. The lowest BCUT2D eigenvalue weighted by Crippen LogP contribution is -2.36. The third-order valence-electron chi connectivity index (χ3n) is 10.9. The Kier molecular flexibility index (Phi) is 16.2. The monoisotopic (exact) mass is 998 g/mol. The van der Waals surface area contributed by atoms with Crippen LogP contribution in [0, 0.1) is 28.6 Å². The third-order valence-corrected chi connectivity index (χ3v) is 15.6. The number of aliphatic hydroxyl groups excluding tert-OH is 1. The summed E-state index contributed by atoms with van der Waals surface area (Å²) in [4.78, 5) is 61.9. The van der Waals surface area contributed by atoms with Gasteiger partial charge in [-0.1, -0.05) is 38.1 Å². The summed E-state index contributed by atoms with van der Waals surface area (Å²) in [5.74, 6) is -1.91. The largest absolute Gasteiger partial charge is 0.394 e. The van der Waals surface area contributed by atoms with Crippen LogP contribution in [-0.4, -0.2) is 125 Å². The number of nitrogens with zero attached hydrogens (tertiary/aromatic N) is 9. The molecular formula is C41H46F2N12O12P2. The first-order chi connectivity index (χ1) is 33.2. The number of benzene rings is 1. The summed E-state index contributed by atoms with van der Waals surface area (Å²) in [5.41, 5.74) is -5.02. The van der Waals surface area contributed by atoms with Gasteiger partial charge in [0.25, 0.3) is 11.5 Å². The van der Waals surface area contributed by atoms with Gasteiger partial charge in [0.05, 0.1) is 64.2 Å². The highest BCUT2D eigenvalue weighted by Gasteiger charge is 2.60. The number of carbonyl (C=O) groups excluding carboxylic acids is 2. The number of ether oxygens (including phenoxy) is 2. The summed E-state index contributed by atoms with van der Waals surface area (Å²) in [6.07, 6.45) is -7.68. The van der Waals surface area contributed by atoms with Crippen molar-refractivity contribution in [2.75, 3.05) is 43.7 Å². The van der Waals surface area contributed by atoms with Crippen LogP contribution in [0.15, 0.2) is 66.8 Å². The van der Waals surface area contributed by atoms with Crippen LogP contribution in [0.5, 0.6) is 0 Å². The molecule has 10 atom stereocenters. The maximum absolute atomic E-state index is 17.3. The summed E-state index contributed by atoms with van der Waals surface area (Å²) >= 11 is 0. The van der Waals surface area contributed by atoms with E-state index in [-0.39, 0.29) is 53.4 Å². The number of aromatic amines is 1. The van der Waals surface area contributed by atoms with E-state index in [1.165, 1.54) is 6.08 Å². The van der Waals surface area contributed by atoms with E-state index in [9.17, 15) is 34.6 Å². The van der Waals surface area contributed by atoms with E-state index in [4.69, 9.17) is 27.6 Å². The van der Waals surface area contributed by atoms with E-state index in [2.05, 4.69) is 47.1 Å². The minimum Gasteiger partial charge on any atom is -0.394 e. The van der Waals surface area contributed by atoms with Gasteiger partial charge in [0.1, 0.15) is 29.9 Å². The summed E-state index contributed by atoms with van der Waals surface area (Å²) in [6, 6.07) is 12.0. The molecule has 0 spiro atoms. The van der Waals surface area contributed by atoms with Crippen LogP contribution in [0.4, 0.5) is 20.5 Å². The molecule has 0 bridgehead atoms. The molecule has 7 rings (SSSR count). The highest BCUT2D eigenvalue weighted by molar-refractivity contribution is 7.55. The number of H-pyrrole nitrogens is 1. The quantitative estimate of drug-likeness (QED) is 0.0408. The van der Waals surface area contributed by atoms with Crippen LogP contribution in [0.25, 0.3) is 22.3 Å². The molecule has 2 amide bonds. The van der Waals surface area contributed by atoms with Gasteiger partial charge < -0.3 is 38.0 Å². The molecule has 69 heavy (non-hydrogen) atoms. The molecule has 4 aromatic heterocycles. The van der Waals surface area contributed by atoms with Crippen LogP contribution in [0.2, 0.25) is 0 Å². The molecule has 0 saturated carbocycles. The third kappa shape index (κ3) is 10.7. The van der Waals surface area contributed by atoms with Gasteiger partial charge in [-0.3, -0.25) is 42.9 Å². The number of nitriles is 2. The molecule has 6 heterocycles. The van der Waals surface area contributed by atoms with E-state index in [0.717, 1.165) is 28.1 Å². The Labute approximate surface area is 391 Å². The molecule has 2 aliphatic heterocycles. The second-order valence-corrected chi connectivity index (χ2v) is 20.1. The summed E-state index contributed by atoms with van der Waals surface area (Å²) in [6.45, 7) is 3.41. The van der Waals surface area contributed by atoms with Gasteiger partial charge in [0, 0.05) is 17.9 Å². The zero-order chi connectivity index (χ0) is 49.5. The molecule has 2 fully saturated rings. The summed E-state index contributed by atoms with van der Waals surface area (Å²) in [5, 5.41) is 34.2. The topological polar surface area (TPSA) is 323 Å². The molecule has 24 nitrogen and oxygen atoms in total. The molecule has 2 saturated heterocycles. The van der Waals surface area contributed by atoms with Gasteiger partial charge in [-0.2, -0.15) is 15.5 Å². The highest BCUT2D eigenvalue weighted by Crippen LogP contribution is 2.64. The Morgan fingerprint density at radius 2 is 1.54 bits per heavy atom. The van der Waals surface area contributed by atoms with Crippen LogP contribution < -0.4 is 16.2 Å². The zero-order valence-corrected chi connectivity index (χ0v) is 38.7. The van der Waals surface area contributed by atoms with Gasteiger partial charge in [-0.25, -0.2) is 28.7 Å². The van der Waals surface area contributed by atoms with Crippen molar-refractivity contribution in [3.8, 4) is 12.1 Å². The first-order valence-electron chi connectivity index (χ1n) is 21.3. The van der Waals surface area contributed by atoms with Crippen LogP contribution >= 0.6 is 15.2 Å². The van der Waals surface area contributed by atoms with Gasteiger partial charge in [0.2, 0.25) is 11.9 Å². The molecule has 28 heteroatoms. The first-order valence-corrected chi connectivity index (χ1v) is 24.5. The summed E-state index contributed by atoms with van der Waals surface area (Å²) in [7, 11) is -9.77. The lowest BCUT2D eigenvalue weighted by Gasteiger charge is -2.30. The van der Waals surface area contributed by atoms with Crippen molar-refractivity contribution >= 4 is 61.1 Å². The Bertz CT molecular complexity index is 2910. The molecule has 6 unspecified atom stereocenters. The number of alkyl halides is 2. The smallest absolute Gasteiger partial charge is 0.339 e. The number of anilines is 2. The number of fused-ring (bicyclic) bond motifs is 2. The number of nitrogens with one attached hydrogen (secondary N) is 3. The Morgan fingerprint density at radius 3 is 2.20 bits per heavy atom. The van der Waals surface area contributed by atoms with Crippen LogP contribution in [0.3, 0.4) is 0 Å². The van der Waals surface area contributed by atoms with Crippen molar-refractivity contribution in [2.24, 2.45) is 5.92 Å². The number of rotatable bonds is 22. The lowest BCUT2D eigenvalue weighted by molar-refractivity contribution is -0.118. The minimum atomic E-state index is -4.99. The molecule has 2 aliphatic rings. The normalized spacial score (nSPS) is 24.1. The number of halogens is 2. The van der Waals surface area contributed by atoms with Crippen molar-refractivity contribution < 1.29 is 60.2 Å². The molecule has 0 radical (unpaired) electrons. The fourth-order valence-electron chi connectivity index (χ4n) is 7.55. The van der Waals surface area contributed by atoms with Crippen molar-refractivity contribution in [3.05, 3.63) is 77.9 Å². The maximum Gasteiger partial charge on any atom is 0.339 e. The second kappa shape index (κ2) is 22.1. The standard InChI is InChI=1S/C41H46F2N12O12P2/c1-4-15-62-68(60,64-17-10-14-45)32-26(67-40(28(32)43)55-22-49-30-35(55)51-41(53-38(30)59)52-36(57)23(2)3)19-65-69(61,63-16-9-8-13-44)31-25(18-56)66-39(27(31)42)54-21-48-29-33(46-20-47-34(29)54)50-37(58)24-11-6-5-7-12-24/h4-7,11-12,20-23,25-28,31-32,39-40,56H,1,8-10,15-19H2,2-3H3,(H,46,47,50,58)(H2,51,52,53,57,59)/t25?,26?,27-,28-,31-,32-,39?,40?,68?,69?/m1/s1. The Hall–Kier alpha value is -6.18. The number of aromatic nitrogens is 8. The number of carbonyl (C=O) groups is 2. The van der Waals surface area contributed by atoms with Crippen molar-refractivity contribution in [1.82, 2.24) is 39.0 Å². The molecule has 4 N–H and O–H groups in total. The molecule has 1 aromatic carbocycles. The Morgan fingerprint density at radius 1 is 0.899 bits per heavy atom. The number of hydrogen-bond acceptors (Lipinski definition) is 19. The molecule has 5 aromatic rings. The van der Waals surface area contributed by atoms with E-state index in [1.54, 1.807) is 44.2 Å². The van der Waals surface area contributed by atoms with Crippen molar-refractivity contribution in [2.45, 2.75) is 81.4 Å². The van der Waals surface area contributed by atoms with E-state index < -0.39 is 120 Å². The van der Waals surface area contributed by atoms with Gasteiger partial charge in [0.15, 0.2) is 52.9 Å². The zero-order valence-electron chi connectivity index (χ0n) is 36.9. The number of aliphatic hydroxyl groups is 1. The molecular weight excluding hydrogens is 952 g/mol. The van der Waals surface area contributed by atoms with Gasteiger partial charge in [-0.15, -0.1) is 6.58 Å². The number of hydrogen-bond donors (Lipinski definition) is 4. The van der Waals surface area contributed by atoms with E-state index in [0.29, 0.717) is 5.56 Å². The summed E-state index contributed by atoms with van der Waals surface area (Å²) < 4.78 is 102. The van der Waals surface area contributed by atoms with Crippen molar-refractivity contribution in [1.29, 1.82) is 10.5 Å². The highest BCUT2D eigenvalue weighted by atomic mass is 31.2. The SMILES string of the molecule is C=CCOP(=O)(OCCC#N)[C@@H]1C(COP(=O)(OCCCC#N)[C@@H]2C(CO)OC(n3cnc4c(NC(=O)c5ccccc5)ncnc43)[C@@H]2F)OC(n2cnc3c(=O)[nH]c(NC(=O)C(C)C)nc32)[C@@H]1F. The Balaban J connectivity index is 1.23. The predicted octanol–water partition coefficient (Wildman–Crippen LogP) is 4.86. The second-order valence-electron chi connectivity index (χ2n) is 15.7. The van der Waals surface area contributed by atoms with Crippen LogP contribution in [-0.2, 0) is 41.5 Å².